The molecule has 21 heavy (non-hydrogen) atoms. The van der Waals surface area contributed by atoms with Gasteiger partial charge < -0.3 is 9.67 Å². The molecule has 0 saturated heterocycles. The smallest absolute Gasteiger partial charge is 0.0945 e. The summed E-state index contributed by atoms with van der Waals surface area (Å²) in [6.07, 6.45) is 6.98. The van der Waals surface area contributed by atoms with Crippen molar-refractivity contribution < 1.29 is 5.11 Å². The second kappa shape index (κ2) is 8.25. The molecule has 0 spiro atoms. The van der Waals surface area contributed by atoms with Gasteiger partial charge in [0.15, 0.2) is 0 Å². The molecule has 0 radical (unpaired) electrons. The van der Waals surface area contributed by atoms with E-state index in [9.17, 15) is 5.11 Å². The maximum atomic E-state index is 10.2. The number of aliphatic hydroxyl groups excluding tert-OH is 1. The van der Waals surface area contributed by atoms with Crippen molar-refractivity contribution in [2.45, 2.75) is 44.2 Å². The second-order valence-corrected chi connectivity index (χ2v) is 6.87. The highest BCUT2D eigenvalue weighted by molar-refractivity contribution is 7.99. The monoisotopic (exact) mass is 304 g/mol. The lowest BCUT2D eigenvalue weighted by atomic mass is 10.1. The first-order valence-corrected chi connectivity index (χ1v) is 8.50. The number of imidazole rings is 1. The Bertz CT molecular complexity index is 508. The molecule has 4 heteroatoms. The van der Waals surface area contributed by atoms with Crippen LogP contribution >= 0.6 is 11.8 Å². The van der Waals surface area contributed by atoms with E-state index in [1.807, 2.05) is 34.7 Å². The lowest BCUT2D eigenvalue weighted by Gasteiger charge is -2.12. The largest absolute Gasteiger partial charge is 0.388 e. The van der Waals surface area contributed by atoms with Crippen LogP contribution in [0.5, 0.6) is 0 Å². The third-order valence-electron chi connectivity index (χ3n) is 3.45. The number of aliphatic hydroxyl groups is 1. The zero-order valence-electron chi connectivity index (χ0n) is 12.8. The standard InChI is InChI=1S/C17H24N2OS/c1-14(2)8-12-21-16-5-3-15(4-6-16)17(20)7-10-19-11-9-18-13-19/h3-6,9,11,13-14,17,20H,7-8,10,12H2,1-2H3. The molecule has 1 unspecified atom stereocenters. The van der Waals surface area contributed by atoms with Crippen molar-refractivity contribution in [2.24, 2.45) is 5.92 Å². The molecule has 1 aromatic heterocycles. The summed E-state index contributed by atoms with van der Waals surface area (Å²) in [5.74, 6) is 1.90. The average molecular weight is 304 g/mol. The van der Waals surface area contributed by atoms with Gasteiger partial charge >= 0.3 is 0 Å². The lowest BCUT2D eigenvalue weighted by Crippen LogP contribution is -2.03. The summed E-state index contributed by atoms with van der Waals surface area (Å²) in [5.41, 5.74) is 0.989. The van der Waals surface area contributed by atoms with E-state index < -0.39 is 6.10 Å². The summed E-state index contributed by atoms with van der Waals surface area (Å²) < 4.78 is 1.99. The van der Waals surface area contributed by atoms with Crippen molar-refractivity contribution >= 4 is 11.8 Å². The Morgan fingerprint density at radius 3 is 2.57 bits per heavy atom. The van der Waals surface area contributed by atoms with Gasteiger partial charge in [-0.25, -0.2) is 4.98 Å². The molecule has 1 atom stereocenters. The SMILES string of the molecule is CC(C)CCSc1ccc(C(O)CCn2ccnc2)cc1. The number of rotatable bonds is 8. The number of thioether (sulfide) groups is 1. The number of aryl methyl sites for hydroxylation is 1. The van der Waals surface area contributed by atoms with Gasteiger partial charge in [0, 0.05) is 23.8 Å². The number of benzene rings is 1. The molecule has 0 aliphatic rings. The van der Waals surface area contributed by atoms with Crippen molar-refractivity contribution in [3.05, 3.63) is 48.5 Å². The van der Waals surface area contributed by atoms with Crippen molar-refractivity contribution in [1.82, 2.24) is 9.55 Å². The van der Waals surface area contributed by atoms with Gasteiger partial charge in [-0.05, 0) is 42.2 Å². The van der Waals surface area contributed by atoms with Gasteiger partial charge in [0.05, 0.1) is 12.4 Å². The van der Waals surface area contributed by atoms with Crippen molar-refractivity contribution in [3.63, 3.8) is 0 Å². The Labute approximate surface area is 131 Å². The summed E-state index contributed by atoms with van der Waals surface area (Å²) in [6.45, 7) is 5.28. The van der Waals surface area contributed by atoms with E-state index in [0.717, 1.165) is 23.8 Å². The number of hydrogen-bond acceptors (Lipinski definition) is 3. The van der Waals surface area contributed by atoms with Crippen LogP contribution in [0.25, 0.3) is 0 Å². The highest BCUT2D eigenvalue weighted by Crippen LogP contribution is 2.24. The quantitative estimate of drug-likeness (QED) is 0.745. The molecule has 0 amide bonds. The van der Waals surface area contributed by atoms with E-state index in [-0.39, 0.29) is 0 Å². The Kier molecular flexibility index (Phi) is 6.33. The zero-order chi connectivity index (χ0) is 15.1. The van der Waals surface area contributed by atoms with Gasteiger partial charge in [-0.1, -0.05) is 26.0 Å². The normalized spacial score (nSPS) is 12.8. The molecule has 3 nitrogen and oxygen atoms in total. The molecule has 0 aliphatic carbocycles. The Morgan fingerprint density at radius 1 is 1.19 bits per heavy atom. The molecule has 114 valence electrons. The van der Waals surface area contributed by atoms with E-state index in [2.05, 4.69) is 31.0 Å². The lowest BCUT2D eigenvalue weighted by molar-refractivity contribution is 0.161. The predicted molar refractivity (Wildman–Crippen MR) is 88.4 cm³/mol. The average Bonchev–Trinajstić information content (AvgIpc) is 2.98. The second-order valence-electron chi connectivity index (χ2n) is 5.71. The maximum Gasteiger partial charge on any atom is 0.0945 e. The van der Waals surface area contributed by atoms with E-state index >= 15 is 0 Å². The van der Waals surface area contributed by atoms with Gasteiger partial charge in [-0.2, -0.15) is 0 Å². The third-order valence-corrected chi connectivity index (χ3v) is 4.49. The first kappa shape index (κ1) is 16.1. The Hall–Kier alpha value is -1.26. The van der Waals surface area contributed by atoms with E-state index in [0.29, 0.717) is 6.42 Å². The minimum Gasteiger partial charge on any atom is -0.388 e. The summed E-state index contributed by atoms with van der Waals surface area (Å²) >= 11 is 1.89. The predicted octanol–water partition coefficient (Wildman–Crippen LogP) is 4.15. The Morgan fingerprint density at radius 2 is 1.95 bits per heavy atom. The minimum absolute atomic E-state index is 0.415. The van der Waals surface area contributed by atoms with Crippen LogP contribution < -0.4 is 0 Å². The van der Waals surface area contributed by atoms with Crippen molar-refractivity contribution in [2.75, 3.05) is 5.75 Å². The van der Waals surface area contributed by atoms with E-state index in [1.165, 1.54) is 11.3 Å². The number of aromatic nitrogens is 2. The van der Waals surface area contributed by atoms with Crippen molar-refractivity contribution in [1.29, 1.82) is 0 Å². The number of hydrogen-bond donors (Lipinski definition) is 1. The molecule has 2 rings (SSSR count). The third kappa shape index (κ3) is 5.56. The molecule has 0 saturated carbocycles. The molecular formula is C17H24N2OS. The molecule has 0 aliphatic heterocycles. The minimum atomic E-state index is -0.415. The van der Waals surface area contributed by atoms with Gasteiger partial charge in [0.1, 0.15) is 0 Å². The van der Waals surface area contributed by atoms with Crippen LogP contribution in [0.15, 0.2) is 47.9 Å². The summed E-state index contributed by atoms with van der Waals surface area (Å²) in [4.78, 5) is 5.28. The van der Waals surface area contributed by atoms with E-state index in [1.54, 1.807) is 12.5 Å². The molecule has 1 N–H and O–H groups in total. The van der Waals surface area contributed by atoms with Crippen LogP contribution in [0.1, 0.15) is 38.4 Å². The Balaban J connectivity index is 1.80. The van der Waals surface area contributed by atoms with Gasteiger partial charge in [-0.15, -0.1) is 11.8 Å². The molecule has 0 bridgehead atoms. The van der Waals surface area contributed by atoms with Crippen molar-refractivity contribution in [3.8, 4) is 0 Å². The van der Waals surface area contributed by atoms with Crippen LogP contribution in [0, 0.1) is 5.92 Å². The molecule has 1 heterocycles. The summed E-state index contributed by atoms with van der Waals surface area (Å²) in [5, 5.41) is 10.2. The summed E-state index contributed by atoms with van der Waals surface area (Å²) in [7, 11) is 0. The first-order valence-electron chi connectivity index (χ1n) is 7.51. The fraction of sp³-hybridized carbons (Fsp3) is 0.471. The zero-order valence-corrected chi connectivity index (χ0v) is 13.6. The summed E-state index contributed by atoms with van der Waals surface area (Å²) in [6, 6.07) is 8.30. The van der Waals surface area contributed by atoms with Crippen LogP contribution in [0.3, 0.4) is 0 Å². The fourth-order valence-corrected chi connectivity index (χ4v) is 3.21. The first-order chi connectivity index (χ1) is 10.1. The van der Waals surface area contributed by atoms with Gasteiger partial charge in [-0.3, -0.25) is 0 Å². The number of nitrogens with zero attached hydrogens (tertiary/aromatic N) is 2. The van der Waals surface area contributed by atoms with Crippen LogP contribution in [0.2, 0.25) is 0 Å². The maximum absolute atomic E-state index is 10.2. The van der Waals surface area contributed by atoms with Gasteiger partial charge in [0.25, 0.3) is 0 Å². The molecule has 0 fully saturated rings. The highest BCUT2D eigenvalue weighted by atomic mass is 32.2. The van der Waals surface area contributed by atoms with E-state index in [4.69, 9.17) is 0 Å². The van der Waals surface area contributed by atoms with Crippen LogP contribution in [-0.4, -0.2) is 20.4 Å². The molecule has 2 aromatic rings. The molecule has 1 aromatic carbocycles. The topological polar surface area (TPSA) is 38.0 Å². The fourth-order valence-electron chi connectivity index (χ4n) is 2.06. The van der Waals surface area contributed by atoms with Crippen LogP contribution in [-0.2, 0) is 6.54 Å². The van der Waals surface area contributed by atoms with Crippen LogP contribution in [0.4, 0.5) is 0 Å². The highest BCUT2D eigenvalue weighted by Gasteiger charge is 2.07. The molecular weight excluding hydrogens is 280 g/mol. The van der Waals surface area contributed by atoms with Gasteiger partial charge in [0.2, 0.25) is 0 Å².